The lowest BCUT2D eigenvalue weighted by atomic mass is 10.0. The van der Waals surface area contributed by atoms with Gasteiger partial charge in [-0.2, -0.15) is 0 Å². The van der Waals surface area contributed by atoms with Crippen LogP contribution >= 0.6 is 11.3 Å². The summed E-state index contributed by atoms with van der Waals surface area (Å²) < 4.78 is 0. The SMILES string of the molecule is Cc1nc(N)sc1C(=O)NCC1(O)CCCC1. The van der Waals surface area contributed by atoms with Gasteiger partial charge in [0.1, 0.15) is 4.88 Å². The minimum atomic E-state index is -0.722. The van der Waals surface area contributed by atoms with Crippen molar-refractivity contribution in [3.8, 4) is 0 Å². The lowest BCUT2D eigenvalue weighted by Crippen LogP contribution is -2.40. The van der Waals surface area contributed by atoms with Crippen molar-refractivity contribution in [1.82, 2.24) is 10.3 Å². The van der Waals surface area contributed by atoms with Gasteiger partial charge in [-0.15, -0.1) is 0 Å². The summed E-state index contributed by atoms with van der Waals surface area (Å²) in [7, 11) is 0. The highest BCUT2D eigenvalue weighted by molar-refractivity contribution is 7.17. The summed E-state index contributed by atoms with van der Waals surface area (Å²) in [6, 6.07) is 0. The number of amides is 1. The van der Waals surface area contributed by atoms with Crippen LogP contribution < -0.4 is 11.1 Å². The zero-order chi connectivity index (χ0) is 12.5. The Morgan fingerprint density at radius 1 is 1.59 bits per heavy atom. The second kappa shape index (κ2) is 4.62. The van der Waals surface area contributed by atoms with Crippen LogP contribution in [0.4, 0.5) is 5.13 Å². The molecule has 0 aromatic carbocycles. The molecule has 94 valence electrons. The molecule has 0 spiro atoms. The molecule has 2 rings (SSSR count). The highest BCUT2D eigenvalue weighted by Crippen LogP contribution is 2.28. The summed E-state index contributed by atoms with van der Waals surface area (Å²) in [4.78, 5) is 16.4. The van der Waals surface area contributed by atoms with Gasteiger partial charge in [0.25, 0.3) is 5.91 Å². The molecule has 6 heteroatoms. The van der Waals surface area contributed by atoms with E-state index in [2.05, 4.69) is 10.3 Å². The van der Waals surface area contributed by atoms with Gasteiger partial charge >= 0.3 is 0 Å². The van der Waals surface area contributed by atoms with E-state index in [4.69, 9.17) is 5.73 Å². The molecular formula is C11H17N3O2S. The fourth-order valence-corrected chi connectivity index (χ4v) is 2.91. The summed E-state index contributed by atoms with van der Waals surface area (Å²) in [6.45, 7) is 2.06. The van der Waals surface area contributed by atoms with E-state index in [1.54, 1.807) is 6.92 Å². The molecule has 5 nitrogen and oxygen atoms in total. The molecule has 1 saturated carbocycles. The van der Waals surface area contributed by atoms with Crippen molar-refractivity contribution in [3.63, 3.8) is 0 Å². The van der Waals surface area contributed by atoms with Crippen LogP contribution in [0.2, 0.25) is 0 Å². The van der Waals surface area contributed by atoms with Crippen molar-refractivity contribution >= 4 is 22.4 Å². The number of aromatic nitrogens is 1. The molecule has 0 radical (unpaired) electrons. The Bertz CT molecular complexity index is 424. The molecule has 1 aromatic heterocycles. The number of hydrogen-bond donors (Lipinski definition) is 3. The lowest BCUT2D eigenvalue weighted by molar-refractivity contribution is 0.0450. The first-order valence-electron chi connectivity index (χ1n) is 5.74. The standard InChI is InChI=1S/C11H17N3O2S/c1-7-8(17-10(12)14-7)9(15)13-6-11(16)4-2-3-5-11/h16H,2-6H2,1H3,(H2,12,14)(H,13,15). The topological polar surface area (TPSA) is 88.2 Å². The van der Waals surface area contributed by atoms with E-state index in [1.165, 1.54) is 11.3 Å². The van der Waals surface area contributed by atoms with E-state index in [-0.39, 0.29) is 5.91 Å². The number of anilines is 1. The molecule has 1 fully saturated rings. The number of nitrogen functional groups attached to an aromatic ring is 1. The number of carbonyl (C=O) groups is 1. The third-order valence-electron chi connectivity index (χ3n) is 3.13. The molecule has 0 saturated heterocycles. The number of carbonyl (C=O) groups excluding carboxylic acids is 1. The smallest absolute Gasteiger partial charge is 0.263 e. The lowest BCUT2D eigenvalue weighted by Gasteiger charge is -2.22. The van der Waals surface area contributed by atoms with Gasteiger partial charge in [0.15, 0.2) is 5.13 Å². The van der Waals surface area contributed by atoms with Crippen LogP contribution in [0, 0.1) is 6.92 Å². The molecule has 1 amide bonds. The van der Waals surface area contributed by atoms with Crippen LogP contribution in [0.3, 0.4) is 0 Å². The first kappa shape index (κ1) is 12.3. The maximum Gasteiger partial charge on any atom is 0.263 e. The van der Waals surface area contributed by atoms with Gasteiger partial charge in [-0.3, -0.25) is 4.79 Å². The molecule has 0 aliphatic heterocycles. The number of aryl methyl sites for hydroxylation is 1. The normalized spacial score (nSPS) is 18.2. The van der Waals surface area contributed by atoms with Crippen LogP contribution in [-0.4, -0.2) is 28.1 Å². The van der Waals surface area contributed by atoms with Crippen molar-refractivity contribution in [2.24, 2.45) is 0 Å². The molecule has 1 heterocycles. The Balaban J connectivity index is 1.95. The Morgan fingerprint density at radius 3 is 2.76 bits per heavy atom. The molecule has 1 aliphatic carbocycles. The highest BCUT2D eigenvalue weighted by atomic mass is 32.1. The molecule has 0 unspecified atom stereocenters. The third-order valence-corrected chi connectivity index (χ3v) is 4.12. The average Bonchev–Trinajstić information content (AvgIpc) is 2.83. The second-order valence-corrected chi connectivity index (χ2v) is 5.61. The molecule has 1 aliphatic rings. The largest absolute Gasteiger partial charge is 0.388 e. The predicted molar refractivity (Wildman–Crippen MR) is 67.0 cm³/mol. The van der Waals surface area contributed by atoms with Crippen LogP contribution in [0.1, 0.15) is 41.0 Å². The van der Waals surface area contributed by atoms with E-state index in [0.717, 1.165) is 25.7 Å². The number of aliphatic hydroxyl groups is 1. The minimum absolute atomic E-state index is 0.197. The monoisotopic (exact) mass is 255 g/mol. The van der Waals surface area contributed by atoms with Crippen LogP contribution in [0.5, 0.6) is 0 Å². The van der Waals surface area contributed by atoms with Crippen LogP contribution in [0.25, 0.3) is 0 Å². The van der Waals surface area contributed by atoms with Crippen molar-refractivity contribution in [2.45, 2.75) is 38.2 Å². The Morgan fingerprint density at radius 2 is 2.24 bits per heavy atom. The quantitative estimate of drug-likeness (QED) is 0.753. The molecule has 0 bridgehead atoms. The predicted octanol–water partition coefficient (Wildman–Crippen LogP) is 1.07. The summed E-state index contributed by atoms with van der Waals surface area (Å²) in [5.74, 6) is -0.197. The number of rotatable bonds is 3. The van der Waals surface area contributed by atoms with Gasteiger partial charge in [-0.05, 0) is 19.8 Å². The first-order valence-corrected chi connectivity index (χ1v) is 6.55. The third kappa shape index (κ3) is 2.76. The second-order valence-electron chi connectivity index (χ2n) is 4.58. The Labute approximate surface area is 104 Å². The fraction of sp³-hybridized carbons (Fsp3) is 0.636. The van der Waals surface area contributed by atoms with Crippen molar-refractivity contribution in [3.05, 3.63) is 10.6 Å². The number of nitrogens with zero attached hydrogens (tertiary/aromatic N) is 1. The number of nitrogens with one attached hydrogen (secondary N) is 1. The van der Waals surface area contributed by atoms with Gasteiger partial charge < -0.3 is 16.2 Å². The number of thiazole rings is 1. The maximum atomic E-state index is 11.9. The summed E-state index contributed by atoms with van der Waals surface area (Å²) in [5, 5.41) is 13.3. The van der Waals surface area contributed by atoms with Crippen molar-refractivity contribution in [2.75, 3.05) is 12.3 Å². The minimum Gasteiger partial charge on any atom is -0.388 e. The number of hydrogen-bond acceptors (Lipinski definition) is 5. The van der Waals surface area contributed by atoms with E-state index in [1.807, 2.05) is 0 Å². The Hall–Kier alpha value is -1.14. The zero-order valence-corrected chi connectivity index (χ0v) is 10.6. The van der Waals surface area contributed by atoms with Gasteiger partial charge in [0.05, 0.1) is 11.3 Å². The molecule has 17 heavy (non-hydrogen) atoms. The van der Waals surface area contributed by atoms with Crippen molar-refractivity contribution < 1.29 is 9.90 Å². The highest BCUT2D eigenvalue weighted by Gasteiger charge is 2.31. The summed E-state index contributed by atoms with van der Waals surface area (Å²) >= 11 is 1.18. The molecule has 1 aromatic rings. The zero-order valence-electron chi connectivity index (χ0n) is 9.82. The van der Waals surface area contributed by atoms with Gasteiger partial charge in [0.2, 0.25) is 0 Å². The number of nitrogens with two attached hydrogens (primary N) is 1. The maximum absolute atomic E-state index is 11.9. The van der Waals surface area contributed by atoms with Crippen LogP contribution in [0.15, 0.2) is 0 Å². The van der Waals surface area contributed by atoms with E-state index in [9.17, 15) is 9.90 Å². The van der Waals surface area contributed by atoms with Crippen molar-refractivity contribution in [1.29, 1.82) is 0 Å². The van der Waals surface area contributed by atoms with Gasteiger partial charge in [0, 0.05) is 6.54 Å². The molecule has 0 atom stereocenters. The average molecular weight is 255 g/mol. The summed E-state index contributed by atoms with van der Waals surface area (Å²) in [6.07, 6.45) is 3.58. The van der Waals surface area contributed by atoms with E-state index >= 15 is 0 Å². The fourth-order valence-electron chi connectivity index (χ4n) is 2.16. The van der Waals surface area contributed by atoms with E-state index < -0.39 is 5.60 Å². The molecular weight excluding hydrogens is 238 g/mol. The molecule has 4 N–H and O–H groups in total. The van der Waals surface area contributed by atoms with Gasteiger partial charge in [-0.1, -0.05) is 24.2 Å². The summed E-state index contributed by atoms with van der Waals surface area (Å²) in [5.41, 5.74) is 5.46. The Kier molecular flexibility index (Phi) is 3.35. The van der Waals surface area contributed by atoms with Crippen LogP contribution in [-0.2, 0) is 0 Å². The van der Waals surface area contributed by atoms with Gasteiger partial charge in [-0.25, -0.2) is 4.98 Å². The first-order chi connectivity index (χ1) is 8.00. The van der Waals surface area contributed by atoms with E-state index in [0.29, 0.717) is 22.2 Å².